The molecule has 0 spiro atoms. The third-order valence-electron chi connectivity index (χ3n) is 6.85. The number of carbonyl (C=O) groups is 1. The maximum absolute atomic E-state index is 13.4. The molecule has 0 unspecified atom stereocenters. The molecule has 5 rings (SSSR count). The quantitative estimate of drug-likeness (QED) is 0.595. The molecule has 33 heavy (non-hydrogen) atoms. The summed E-state index contributed by atoms with van der Waals surface area (Å²) in [6, 6.07) is 16.1. The molecular weight excluding hydrogens is 416 g/mol. The number of hydrogen-bond donors (Lipinski definition) is 1. The van der Waals surface area contributed by atoms with Crippen molar-refractivity contribution in [2.75, 3.05) is 26.9 Å². The number of para-hydroxylation sites is 1. The van der Waals surface area contributed by atoms with E-state index in [1.54, 1.807) is 7.11 Å². The van der Waals surface area contributed by atoms with E-state index in [-0.39, 0.29) is 11.3 Å². The minimum Gasteiger partial charge on any atom is -0.496 e. The summed E-state index contributed by atoms with van der Waals surface area (Å²) >= 11 is 0. The maximum Gasteiger partial charge on any atom is 0.273 e. The van der Waals surface area contributed by atoms with Crippen LogP contribution in [0.1, 0.15) is 58.9 Å². The summed E-state index contributed by atoms with van der Waals surface area (Å²) in [6.45, 7) is 3.89. The van der Waals surface area contributed by atoms with Crippen LogP contribution in [-0.2, 0) is 10.2 Å². The molecule has 2 aromatic carbocycles. The predicted octanol–water partition coefficient (Wildman–Crippen LogP) is 3.94. The van der Waals surface area contributed by atoms with Crippen molar-refractivity contribution >= 4 is 5.91 Å². The van der Waals surface area contributed by atoms with E-state index in [0.29, 0.717) is 31.4 Å². The van der Waals surface area contributed by atoms with Crippen molar-refractivity contribution in [1.29, 1.82) is 0 Å². The number of nitrogens with zero attached hydrogens (tertiary/aromatic N) is 3. The first-order valence-corrected chi connectivity index (χ1v) is 11.6. The fraction of sp³-hybridized carbons (Fsp3) is 0.423. The van der Waals surface area contributed by atoms with Crippen molar-refractivity contribution in [3.8, 4) is 11.4 Å². The van der Waals surface area contributed by atoms with Crippen molar-refractivity contribution in [3.63, 3.8) is 0 Å². The van der Waals surface area contributed by atoms with Crippen LogP contribution in [0.15, 0.2) is 48.5 Å². The van der Waals surface area contributed by atoms with Crippen molar-refractivity contribution in [1.82, 2.24) is 20.3 Å². The van der Waals surface area contributed by atoms with Crippen LogP contribution in [0.2, 0.25) is 0 Å². The zero-order valence-electron chi connectivity index (χ0n) is 19.2. The first kappa shape index (κ1) is 21.6. The van der Waals surface area contributed by atoms with Crippen molar-refractivity contribution in [3.05, 3.63) is 71.0 Å². The molecular formula is C26H30N4O3. The largest absolute Gasteiger partial charge is 0.496 e. The summed E-state index contributed by atoms with van der Waals surface area (Å²) in [5, 5.41) is 11.9. The van der Waals surface area contributed by atoms with Gasteiger partial charge in [-0.2, -0.15) is 0 Å². The van der Waals surface area contributed by atoms with E-state index < -0.39 is 0 Å². The summed E-state index contributed by atoms with van der Waals surface area (Å²) < 4.78 is 13.2. The molecule has 1 N–H and O–H groups in total. The highest BCUT2D eigenvalue weighted by molar-refractivity contribution is 5.93. The number of hydrogen-bond acceptors (Lipinski definition) is 5. The van der Waals surface area contributed by atoms with Crippen molar-refractivity contribution < 1.29 is 14.3 Å². The molecule has 1 aliphatic carbocycles. The Kier molecular flexibility index (Phi) is 5.89. The van der Waals surface area contributed by atoms with E-state index in [9.17, 15) is 4.79 Å². The van der Waals surface area contributed by atoms with Crippen molar-refractivity contribution in [2.45, 2.75) is 43.9 Å². The third-order valence-corrected chi connectivity index (χ3v) is 6.85. The lowest BCUT2D eigenvalue weighted by Gasteiger charge is -2.38. The lowest BCUT2D eigenvalue weighted by atomic mass is 9.73. The predicted molar refractivity (Wildman–Crippen MR) is 125 cm³/mol. The summed E-state index contributed by atoms with van der Waals surface area (Å²) in [6.07, 6.45) is 3.75. The van der Waals surface area contributed by atoms with Crippen LogP contribution in [-0.4, -0.2) is 47.8 Å². The Balaban J connectivity index is 1.43. The van der Waals surface area contributed by atoms with Crippen LogP contribution in [0.25, 0.3) is 5.69 Å². The van der Waals surface area contributed by atoms with Gasteiger partial charge in [0, 0.05) is 36.7 Å². The van der Waals surface area contributed by atoms with E-state index in [1.165, 1.54) is 5.56 Å². The number of aromatic nitrogens is 3. The van der Waals surface area contributed by atoms with Crippen molar-refractivity contribution in [2.24, 2.45) is 0 Å². The van der Waals surface area contributed by atoms with E-state index in [2.05, 4.69) is 34.7 Å². The molecule has 2 fully saturated rings. The van der Waals surface area contributed by atoms with Gasteiger partial charge in [0.1, 0.15) is 5.75 Å². The number of carbonyl (C=O) groups excluding carboxylic acids is 1. The lowest BCUT2D eigenvalue weighted by Crippen LogP contribution is -2.45. The molecule has 1 aliphatic heterocycles. The van der Waals surface area contributed by atoms with E-state index >= 15 is 0 Å². The molecule has 1 aromatic heterocycles. The topological polar surface area (TPSA) is 78.3 Å². The van der Waals surface area contributed by atoms with E-state index in [0.717, 1.165) is 48.4 Å². The van der Waals surface area contributed by atoms with Crippen LogP contribution in [0, 0.1) is 6.92 Å². The van der Waals surface area contributed by atoms with Crippen LogP contribution in [0.3, 0.4) is 0 Å². The van der Waals surface area contributed by atoms with Gasteiger partial charge in [-0.15, -0.1) is 5.10 Å². The SMILES string of the molecule is COc1ccc(C)cc1C1(CNC(=O)c2nnn(-c3ccccc3)c2C2CC2)CCOCC1. The Hall–Kier alpha value is -3.19. The monoisotopic (exact) mass is 446 g/mol. The lowest BCUT2D eigenvalue weighted by molar-refractivity contribution is 0.0478. The van der Waals surface area contributed by atoms with Gasteiger partial charge in [0.25, 0.3) is 5.91 Å². The number of amides is 1. The zero-order valence-corrected chi connectivity index (χ0v) is 19.2. The molecule has 7 heteroatoms. The van der Waals surface area contributed by atoms with Gasteiger partial charge in [-0.1, -0.05) is 41.1 Å². The van der Waals surface area contributed by atoms with Gasteiger partial charge in [-0.3, -0.25) is 4.79 Å². The van der Waals surface area contributed by atoms with Crippen LogP contribution in [0.5, 0.6) is 5.75 Å². The second kappa shape index (κ2) is 8.98. The normalized spacial score (nSPS) is 17.5. The Morgan fingerprint density at radius 2 is 1.94 bits per heavy atom. The minimum atomic E-state index is -0.250. The Labute approximate surface area is 194 Å². The average molecular weight is 447 g/mol. The highest BCUT2D eigenvalue weighted by Gasteiger charge is 2.39. The number of benzene rings is 2. The molecule has 1 saturated heterocycles. The second-order valence-corrected chi connectivity index (χ2v) is 9.12. The number of aryl methyl sites for hydroxylation is 1. The molecule has 0 bridgehead atoms. The average Bonchev–Trinajstić information content (AvgIpc) is 3.61. The number of rotatable bonds is 7. The van der Waals surface area contributed by atoms with Gasteiger partial charge >= 0.3 is 0 Å². The molecule has 2 aliphatic rings. The van der Waals surface area contributed by atoms with Gasteiger partial charge < -0.3 is 14.8 Å². The Morgan fingerprint density at radius 1 is 1.18 bits per heavy atom. The van der Waals surface area contributed by atoms with Crippen LogP contribution >= 0.6 is 0 Å². The van der Waals surface area contributed by atoms with E-state index in [4.69, 9.17) is 9.47 Å². The summed E-state index contributed by atoms with van der Waals surface area (Å²) in [7, 11) is 1.70. The van der Waals surface area contributed by atoms with Gasteiger partial charge in [-0.25, -0.2) is 4.68 Å². The second-order valence-electron chi connectivity index (χ2n) is 9.12. The summed E-state index contributed by atoms with van der Waals surface area (Å²) in [5.41, 5.74) is 4.32. The van der Waals surface area contributed by atoms with Gasteiger partial charge in [0.2, 0.25) is 0 Å². The Morgan fingerprint density at radius 3 is 2.64 bits per heavy atom. The van der Waals surface area contributed by atoms with Gasteiger partial charge in [0.05, 0.1) is 18.5 Å². The maximum atomic E-state index is 13.4. The molecule has 1 amide bonds. The standard InChI is InChI=1S/C26H30N4O3/c1-18-8-11-22(32-2)21(16-18)26(12-14-33-15-13-26)17-27-25(31)23-24(19-9-10-19)30(29-28-23)20-6-4-3-5-7-20/h3-8,11,16,19H,9-10,12-15,17H2,1-2H3,(H,27,31). The van der Waals surface area contributed by atoms with Crippen LogP contribution in [0.4, 0.5) is 0 Å². The fourth-order valence-electron chi connectivity index (χ4n) is 4.81. The molecule has 0 atom stereocenters. The molecule has 2 heterocycles. The number of nitrogens with one attached hydrogen (secondary N) is 1. The number of ether oxygens (including phenoxy) is 2. The first-order valence-electron chi connectivity index (χ1n) is 11.6. The highest BCUT2D eigenvalue weighted by Crippen LogP contribution is 2.42. The molecule has 1 saturated carbocycles. The fourth-order valence-corrected chi connectivity index (χ4v) is 4.81. The third kappa shape index (κ3) is 4.25. The zero-order chi connectivity index (χ0) is 22.8. The summed E-state index contributed by atoms with van der Waals surface area (Å²) in [4.78, 5) is 13.4. The first-order chi connectivity index (χ1) is 16.1. The van der Waals surface area contributed by atoms with Crippen LogP contribution < -0.4 is 10.1 Å². The highest BCUT2D eigenvalue weighted by atomic mass is 16.5. The smallest absolute Gasteiger partial charge is 0.273 e. The number of methoxy groups -OCH3 is 1. The van der Waals surface area contributed by atoms with Gasteiger partial charge in [0.15, 0.2) is 5.69 Å². The summed E-state index contributed by atoms with van der Waals surface area (Å²) in [5.74, 6) is 1.01. The molecule has 172 valence electrons. The van der Waals surface area contributed by atoms with E-state index in [1.807, 2.05) is 41.1 Å². The molecule has 7 nitrogen and oxygen atoms in total. The molecule has 0 radical (unpaired) electrons. The minimum absolute atomic E-state index is 0.170. The van der Waals surface area contributed by atoms with Gasteiger partial charge in [-0.05, 0) is 50.8 Å². The Bertz CT molecular complexity index is 1130. The molecule has 3 aromatic rings.